The summed E-state index contributed by atoms with van der Waals surface area (Å²) >= 11 is 0. The van der Waals surface area contributed by atoms with Crippen molar-refractivity contribution in [3.63, 3.8) is 0 Å². The van der Waals surface area contributed by atoms with Crippen LogP contribution in [-0.4, -0.2) is 24.8 Å². The minimum atomic E-state index is 0.0748. The molecule has 0 spiro atoms. The Kier molecular flexibility index (Phi) is 8.72. The van der Waals surface area contributed by atoms with E-state index in [1.807, 2.05) is 0 Å². The van der Waals surface area contributed by atoms with Crippen LogP contribution < -0.4 is 5.32 Å². The Bertz CT molecular complexity index is 209. The number of piperidine rings is 1. The first-order chi connectivity index (χ1) is 9.14. The summed E-state index contributed by atoms with van der Waals surface area (Å²) in [5, 5.41) is 3.40. The van der Waals surface area contributed by atoms with Gasteiger partial charge in [-0.05, 0) is 46.2 Å². The maximum absolute atomic E-state index is 6.28. The van der Waals surface area contributed by atoms with Crippen molar-refractivity contribution in [2.45, 2.75) is 96.7 Å². The topological polar surface area (TPSA) is 21.3 Å². The molecule has 0 amide bonds. The van der Waals surface area contributed by atoms with Crippen LogP contribution in [0.5, 0.6) is 0 Å². The van der Waals surface area contributed by atoms with E-state index >= 15 is 0 Å². The second-order valence-electron chi connectivity index (χ2n) is 6.70. The van der Waals surface area contributed by atoms with E-state index in [-0.39, 0.29) is 5.60 Å². The van der Waals surface area contributed by atoms with E-state index in [4.69, 9.17) is 4.74 Å². The smallest absolute Gasteiger partial charge is 0.0630 e. The SMILES string of the molecule is CCCCCCCCCC(C)(C)OC1CCNCC1. The number of ether oxygens (including phenoxy) is 1. The van der Waals surface area contributed by atoms with E-state index in [1.165, 1.54) is 64.2 Å². The molecule has 0 saturated carbocycles. The first-order valence-electron chi connectivity index (χ1n) is 8.52. The molecule has 0 aromatic rings. The molecule has 1 rings (SSSR count). The summed E-state index contributed by atoms with van der Waals surface area (Å²) < 4.78 is 6.28. The van der Waals surface area contributed by atoms with Gasteiger partial charge in [0.2, 0.25) is 0 Å². The molecule has 114 valence electrons. The Morgan fingerprint density at radius 1 is 0.947 bits per heavy atom. The van der Waals surface area contributed by atoms with Gasteiger partial charge < -0.3 is 10.1 Å². The summed E-state index contributed by atoms with van der Waals surface area (Å²) in [5.41, 5.74) is 0.0748. The lowest BCUT2D eigenvalue weighted by Crippen LogP contribution is -2.38. The van der Waals surface area contributed by atoms with E-state index in [0.29, 0.717) is 6.10 Å². The van der Waals surface area contributed by atoms with Crippen molar-refractivity contribution >= 4 is 0 Å². The molecule has 1 heterocycles. The number of nitrogens with one attached hydrogen (secondary N) is 1. The molecular formula is C17H35NO. The molecule has 0 bridgehead atoms. The Balaban J connectivity index is 2.02. The van der Waals surface area contributed by atoms with Gasteiger partial charge >= 0.3 is 0 Å². The number of hydrogen-bond donors (Lipinski definition) is 1. The summed E-state index contributed by atoms with van der Waals surface area (Å²) in [4.78, 5) is 0. The molecule has 0 atom stereocenters. The Labute approximate surface area is 120 Å². The van der Waals surface area contributed by atoms with E-state index < -0.39 is 0 Å². The van der Waals surface area contributed by atoms with E-state index in [2.05, 4.69) is 26.1 Å². The van der Waals surface area contributed by atoms with Crippen molar-refractivity contribution in [1.29, 1.82) is 0 Å². The molecule has 0 aliphatic carbocycles. The van der Waals surface area contributed by atoms with Crippen molar-refractivity contribution in [2.24, 2.45) is 0 Å². The van der Waals surface area contributed by atoms with Crippen molar-refractivity contribution in [2.75, 3.05) is 13.1 Å². The molecule has 1 aliphatic rings. The van der Waals surface area contributed by atoms with Gasteiger partial charge in [-0.2, -0.15) is 0 Å². The Hall–Kier alpha value is -0.0800. The molecule has 1 N–H and O–H groups in total. The molecular weight excluding hydrogens is 234 g/mol. The summed E-state index contributed by atoms with van der Waals surface area (Å²) in [6, 6.07) is 0. The van der Waals surface area contributed by atoms with Crippen molar-refractivity contribution in [3.8, 4) is 0 Å². The van der Waals surface area contributed by atoms with Crippen LogP contribution in [0.1, 0.15) is 85.0 Å². The molecule has 0 radical (unpaired) electrons. The fourth-order valence-corrected chi connectivity index (χ4v) is 2.93. The summed E-state index contributed by atoms with van der Waals surface area (Å²) in [6.07, 6.45) is 13.8. The van der Waals surface area contributed by atoms with Crippen molar-refractivity contribution in [3.05, 3.63) is 0 Å². The highest BCUT2D eigenvalue weighted by atomic mass is 16.5. The molecule has 1 saturated heterocycles. The second-order valence-corrected chi connectivity index (χ2v) is 6.70. The molecule has 0 aromatic carbocycles. The summed E-state index contributed by atoms with van der Waals surface area (Å²) in [5.74, 6) is 0. The van der Waals surface area contributed by atoms with Gasteiger partial charge in [-0.3, -0.25) is 0 Å². The highest BCUT2D eigenvalue weighted by molar-refractivity contribution is 4.75. The molecule has 1 aliphatic heterocycles. The zero-order valence-corrected chi connectivity index (χ0v) is 13.5. The van der Waals surface area contributed by atoms with E-state index in [0.717, 1.165) is 13.1 Å². The lowest BCUT2D eigenvalue weighted by atomic mass is 9.98. The highest BCUT2D eigenvalue weighted by Gasteiger charge is 2.24. The molecule has 0 unspecified atom stereocenters. The average molecular weight is 269 g/mol. The summed E-state index contributed by atoms with van der Waals surface area (Å²) in [6.45, 7) is 9.06. The van der Waals surface area contributed by atoms with Crippen LogP contribution in [0.2, 0.25) is 0 Å². The average Bonchev–Trinajstić information content (AvgIpc) is 2.38. The zero-order chi connectivity index (χ0) is 14.0. The minimum absolute atomic E-state index is 0.0748. The first kappa shape index (κ1) is 17.0. The molecule has 2 nitrogen and oxygen atoms in total. The second kappa shape index (κ2) is 9.77. The minimum Gasteiger partial charge on any atom is -0.372 e. The van der Waals surface area contributed by atoms with Crippen LogP contribution in [0, 0.1) is 0 Å². The van der Waals surface area contributed by atoms with Gasteiger partial charge in [-0.15, -0.1) is 0 Å². The van der Waals surface area contributed by atoms with Crippen LogP contribution in [-0.2, 0) is 4.74 Å². The molecule has 2 heteroatoms. The molecule has 1 fully saturated rings. The van der Waals surface area contributed by atoms with Gasteiger partial charge in [0.15, 0.2) is 0 Å². The Morgan fingerprint density at radius 3 is 2.16 bits per heavy atom. The van der Waals surface area contributed by atoms with Crippen LogP contribution in [0.15, 0.2) is 0 Å². The van der Waals surface area contributed by atoms with E-state index in [1.54, 1.807) is 0 Å². The highest BCUT2D eigenvalue weighted by Crippen LogP contribution is 2.24. The monoisotopic (exact) mass is 269 g/mol. The number of hydrogen-bond acceptors (Lipinski definition) is 2. The van der Waals surface area contributed by atoms with Gasteiger partial charge in [-0.25, -0.2) is 0 Å². The largest absolute Gasteiger partial charge is 0.372 e. The van der Waals surface area contributed by atoms with Gasteiger partial charge in [0.25, 0.3) is 0 Å². The van der Waals surface area contributed by atoms with Gasteiger partial charge in [0.1, 0.15) is 0 Å². The van der Waals surface area contributed by atoms with Gasteiger partial charge in [0.05, 0.1) is 11.7 Å². The number of unbranched alkanes of at least 4 members (excludes halogenated alkanes) is 6. The van der Waals surface area contributed by atoms with Crippen LogP contribution >= 0.6 is 0 Å². The third-order valence-corrected chi connectivity index (χ3v) is 4.15. The first-order valence-corrected chi connectivity index (χ1v) is 8.52. The predicted molar refractivity (Wildman–Crippen MR) is 83.7 cm³/mol. The normalized spacial score (nSPS) is 17.8. The maximum atomic E-state index is 6.28. The maximum Gasteiger partial charge on any atom is 0.0630 e. The quantitative estimate of drug-likeness (QED) is 0.582. The van der Waals surface area contributed by atoms with Crippen LogP contribution in [0.3, 0.4) is 0 Å². The predicted octanol–water partition coefficient (Wildman–Crippen LogP) is 4.67. The van der Waals surface area contributed by atoms with Crippen molar-refractivity contribution in [1.82, 2.24) is 5.32 Å². The lowest BCUT2D eigenvalue weighted by molar-refractivity contribution is -0.0867. The van der Waals surface area contributed by atoms with Crippen LogP contribution in [0.4, 0.5) is 0 Å². The van der Waals surface area contributed by atoms with Gasteiger partial charge in [-0.1, -0.05) is 51.9 Å². The third-order valence-electron chi connectivity index (χ3n) is 4.15. The lowest BCUT2D eigenvalue weighted by Gasteiger charge is -2.33. The fraction of sp³-hybridized carbons (Fsp3) is 1.00. The molecule has 0 aromatic heterocycles. The number of rotatable bonds is 10. The van der Waals surface area contributed by atoms with Crippen LogP contribution in [0.25, 0.3) is 0 Å². The Morgan fingerprint density at radius 2 is 1.53 bits per heavy atom. The molecule has 19 heavy (non-hydrogen) atoms. The zero-order valence-electron chi connectivity index (χ0n) is 13.5. The van der Waals surface area contributed by atoms with Crippen molar-refractivity contribution < 1.29 is 4.74 Å². The third kappa shape index (κ3) is 8.65. The fourth-order valence-electron chi connectivity index (χ4n) is 2.93. The van der Waals surface area contributed by atoms with E-state index in [9.17, 15) is 0 Å². The van der Waals surface area contributed by atoms with Gasteiger partial charge in [0, 0.05) is 0 Å². The standard InChI is InChI=1S/C17H35NO/c1-4-5-6-7-8-9-10-13-17(2,3)19-16-11-14-18-15-12-16/h16,18H,4-15H2,1-3H3. The summed E-state index contributed by atoms with van der Waals surface area (Å²) in [7, 11) is 0.